The molecule has 2 aliphatic rings. The number of nitrogens with two attached hydrogens (primary N) is 1. The molecule has 3 rings (SSSR count). The van der Waals surface area contributed by atoms with Gasteiger partial charge in [0.1, 0.15) is 18.1 Å². The SMILES string of the molecule is Nc1ncnc2c1NNN2C1CC(O)C(COP(=O)(O)OP(=O)(O)OP(=O)(O)O)O1. The first-order valence-electron chi connectivity index (χ1n) is 7.79. The van der Waals surface area contributed by atoms with E-state index in [1.807, 2.05) is 0 Å². The molecule has 3 heterocycles. The fraction of sp³-hybridized carbons (Fsp3) is 0.556. The number of hydrazine groups is 2. The van der Waals surface area contributed by atoms with Crippen LogP contribution in [-0.2, 0) is 31.6 Å². The van der Waals surface area contributed by atoms with Crippen LogP contribution in [0.3, 0.4) is 0 Å². The fourth-order valence-electron chi connectivity index (χ4n) is 2.56. The zero-order chi connectivity index (χ0) is 22.3. The maximum atomic E-state index is 11.8. The van der Waals surface area contributed by atoms with Crippen LogP contribution in [0.1, 0.15) is 6.42 Å². The highest BCUT2D eigenvalue weighted by atomic mass is 31.3. The number of hydrogen-bond donors (Lipinski definition) is 8. The molecule has 0 amide bonds. The standard InChI is InChI=1S/C9H17N6O12P3/c10-8-7-9(12-3-11-8)15(14-13-7)6-1-4(16)5(25-6)2-24-29(20,21)27-30(22,23)26-28(17,18)19/h3-6,13-14,16H,1-2H2,(H,20,21)(H,22,23)(H2,10,11,12)(H2,17,18,19). The zero-order valence-corrected chi connectivity index (χ0v) is 17.3. The molecule has 1 saturated heterocycles. The molecule has 0 spiro atoms. The Hall–Kier alpha value is -1.23. The van der Waals surface area contributed by atoms with Crippen molar-refractivity contribution in [3.8, 4) is 0 Å². The van der Waals surface area contributed by atoms with E-state index in [1.54, 1.807) is 0 Å². The van der Waals surface area contributed by atoms with Crippen LogP contribution in [0.25, 0.3) is 0 Å². The maximum Gasteiger partial charge on any atom is 0.490 e. The summed E-state index contributed by atoms with van der Waals surface area (Å²) in [4.78, 5) is 43.4. The highest BCUT2D eigenvalue weighted by molar-refractivity contribution is 7.66. The fourth-order valence-corrected chi connectivity index (χ4v) is 5.59. The number of hydrogen-bond acceptors (Lipinski definition) is 14. The Balaban J connectivity index is 1.59. The minimum absolute atomic E-state index is 0.0115. The smallest absolute Gasteiger partial charge is 0.390 e. The Morgan fingerprint density at radius 1 is 1.20 bits per heavy atom. The monoisotopic (exact) mass is 494 g/mol. The van der Waals surface area contributed by atoms with Crippen molar-refractivity contribution in [3.63, 3.8) is 0 Å². The molecule has 0 aromatic carbocycles. The van der Waals surface area contributed by atoms with Gasteiger partial charge in [0.05, 0.1) is 12.7 Å². The van der Waals surface area contributed by atoms with Gasteiger partial charge in [0.15, 0.2) is 17.9 Å². The third kappa shape index (κ3) is 5.72. The Morgan fingerprint density at radius 3 is 2.57 bits per heavy atom. The maximum absolute atomic E-state index is 11.8. The van der Waals surface area contributed by atoms with Gasteiger partial charge in [-0.1, -0.05) is 0 Å². The van der Waals surface area contributed by atoms with Gasteiger partial charge in [-0.3, -0.25) is 9.95 Å². The van der Waals surface area contributed by atoms with Crippen LogP contribution in [0.15, 0.2) is 6.33 Å². The average Bonchev–Trinajstić information content (AvgIpc) is 3.14. The van der Waals surface area contributed by atoms with E-state index in [-0.39, 0.29) is 12.2 Å². The van der Waals surface area contributed by atoms with Crippen molar-refractivity contribution in [1.82, 2.24) is 15.5 Å². The molecule has 1 fully saturated rings. The molecule has 5 unspecified atom stereocenters. The summed E-state index contributed by atoms with van der Waals surface area (Å²) >= 11 is 0. The lowest BCUT2D eigenvalue weighted by Crippen LogP contribution is -2.44. The van der Waals surface area contributed by atoms with Gasteiger partial charge in [-0.25, -0.2) is 28.7 Å². The number of fused-ring (bicyclic) bond motifs is 1. The van der Waals surface area contributed by atoms with Gasteiger partial charge in [-0.05, 0) is 0 Å². The number of aliphatic hydroxyl groups excluding tert-OH is 1. The van der Waals surface area contributed by atoms with E-state index in [0.29, 0.717) is 11.5 Å². The number of nitrogens with zero attached hydrogens (tertiary/aromatic N) is 3. The molecule has 0 saturated carbocycles. The van der Waals surface area contributed by atoms with Crippen molar-refractivity contribution >= 4 is 40.8 Å². The predicted octanol–water partition coefficient (Wildman–Crippen LogP) is -1.47. The van der Waals surface area contributed by atoms with Gasteiger partial charge < -0.3 is 35.2 Å². The van der Waals surface area contributed by atoms with Crippen LogP contribution in [-0.4, -0.2) is 59.7 Å². The molecule has 2 aliphatic heterocycles. The van der Waals surface area contributed by atoms with Crippen molar-refractivity contribution in [2.75, 3.05) is 22.8 Å². The van der Waals surface area contributed by atoms with Gasteiger partial charge in [0, 0.05) is 6.42 Å². The van der Waals surface area contributed by atoms with Crippen LogP contribution in [0.5, 0.6) is 0 Å². The summed E-state index contributed by atoms with van der Waals surface area (Å²) < 4.78 is 50.9. The second-order valence-electron chi connectivity index (χ2n) is 5.88. The molecule has 0 bridgehead atoms. The van der Waals surface area contributed by atoms with E-state index < -0.39 is 48.5 Å². The molecule has 0 aliphatic carbocycles. The lowest BCUT2D eigenvalue weighted by Gasteiger charge is -2.24. The van der Waals surface area contributed by atoms with E-state index in [1.165, 1.54) is 11.3 Å². The number of ether oxygens (including phenoxy) is 1. The van der Waals surface area contributed by atoms with Gasteiger partial charge >= 0.3 is 23.5 Å². The first-order valence-corrected chi connectivity index (χ1v) is 12.3. The van der Waals surface area contributed by atoms with Crippen molar-refractivity contribution < 1.29 is 56.3 Å². The molecule has 1 aromatic heterocycles. The summed E-state index contributed by atoms with van der Waals surface area (Å²) in [6, 6.07) is 0. The average molecular weight is 494 g/mol. The predicted molar refractivity (Wildman–Crippen MR) is 94.8 cm³/mol. The second-order valence-corrected chi connectivity index (χ2v) is 10.3. The van der Waals surface area contributed by atoms with Crippen molar-refractivity contribution in [2.24, 2.45) is 0 Å². The van der Waals surface area contributed by atoms with E-state index >= 15 is 0 Å². The molecular formula is C9H17N6O12P3. The van der Waals surface area contributed by atoms with Crippen molar-refractivity contribution in [2.45, 2.75) is 24.9 Å². The normalized spacial score (nSPS) is 27.9. The van der Waals surface area contributed by atoms with Crippen LogP contribution in [0.4, 0.5) is 17.3 Å². The summed E-state index contributed by atoms with van der Waals surface area (Å²) in [6.45, 7) is -0.790. The zero-order valence-electron chi connectivity index (χ0n) is 14.6. The van der Waals surface area contributed by atoms with E-state index in [4.69, 9.17) is 25.2 Å². The number of aromatic nitrogens is 2. The van der Waals surface area contributed by atoms with Crippen molar-refractivity contribution in [1.29, 1.82) is 0 Å². The Kier molecular flexibility index (Phi) is 6.54. The lowest BCUT2D eigenvalue weighted by molar-refractivity contribution is -0.0235. The van der Waals surface area contributed by atoms with Crippen LogP contribution >= 0.6 is 23.5 Å². The number of nitrogens with one attached hydrogen (secondary N) is 2. The Morgan fingerprint density at radius 2 is 1.90 bits per heavy atom. The Bertz CT molecular complexity index is 944. The van der Waals surface area contributed by atoms with Gasteiger partial charge in [0.25, 0.3) is 0 Å². The minimum atomic E-state index is -5.64. The summed E-state index contributed by atoms with van der Waals surface area (Å²) in [6.07, 6.45) is -2.04. The number of phosphoric ester groups is 1. The third-order valence-electron chi connectivity index (χ3n) is 3.70. The van der Waals surface area contributed by atoms with E-state index in [9.17, 15) is 23.7 Å². The molecule has 18 nitrogen and oxygen atoms in total. The van der Waals surface area contributed by atoms with Crippen LogP contribution < -0.4 is 21.7 Å². The van der Waals surface area contributed by atoms with Gasteiger partial charge in [-0.2, -0.15) is 8.62 Å². The summed E-state index contributed by atoms with van der Waals surface area (Å²) in [5.41, 5.74) is 11.5. The molecule has 21 heteroatoms. The molecule has 0 radical (unpaired) electrons. The van der Waals surface area contributed by atoms with Gasteiger partial charge in [-0.15, -0.1) is 5.53 Å². The first kappa shape index (κ1) is 23.4. The number of nitrogen functional groups attached to an aromatic ring is 1. The highest BCUT2D eigenvalue weighted by Gasteiger charge is 2.44. The molecule has 1 aromatic rings. The topological polar surface area (TPSA) is 268 Å². The Labute approximate surface area is 167 Å². The number of anilines is 3. The van der Waals surface area contributed by atoms with Crippen LogP contribution in [0, 0.1) is 0 Å². The highest BCUT2D eigenvalue weighted by Crippen LogP contribution is 2.66. The van der Waals surface area contributed by atoms with Gasteiger partial charge in [0.2, 0.25) is 0 Å². The number of phosphoric acid groups is 3. The summed E-state index contributed by atoms with van der Waals surface area (Å²) in [7, 11) is -16.5. The van der Waals surface area contributed by atoms with Crippen LogP contribution in [0.2, 0.25) is 0 Å². The molecule has 170 valence electrons. The van der Waals surface area contributed by atoms with E-state index in [0.717, 1.165) is 0 Å². The minimum Gasteiger partial charge on any atom is -0.390 e. The summed E-state index contributed by atoms with van der Waals surface area (Å²) in [5.74, 6) is 0.464. The third-order valence-corrected chi connectivity index (χ3v) is 7.50. The molecular weight excluding hydrogens is 477 g/mol. The van der Waals surface area contributed by atoms with Crippen molar-refractivity contribution in [3.05, 3.63) is 6.33 Å². The molecule has 5 atom stereocenters. The lowest BCUT2D eigenvalue weighted by atomic mass is 10.2. The number of aliphatic hydroxyl groups is 1. The number of rotatable bonds is 8. The largest absolute Gasteiger partial charge is 0.490 e. The molecule has 30 heavy (non-hydrogen) atoms. The summed E-state index contributed by atoms with van der Waals surface area (Å²) in [5, 5.41) is 11.5. The second kappa shape index (κ2) is 8.37. The van der Waals surface area contributed by atoms with E-state index in [2.05, 4.69) is 34.1 Å². The quantitative estimate of drug-likeness (QED) is 0.192. The molecule has 9 N–H and O–H groups in total. The first-order chi connectivity index (χ1) is 13.8.